The van der Waals surface area contributed by atoms with Crippen molar-refractivity contribution in [2.24, 2.45) is 0 Å². The van der Waals surface area contributed by atoms with Crippen LogP contribution in [0.5, 0.6) is 0 Å². The van der Waals surface area contributed by atoms with Crippen LogP contribution in [0.25, 0.3) is 16.6 Å². The van der Waals surface area contributed by atoms with E-state index in [0.29, 0.717) is 13.1 Å². The first-order chi connectivity index (χ1) is 12.3. The molecule has 4 aromatic rings. The highest BCUT2D eigenvalue weighted by molar-refractivity contribution is 5.95. The van der Waals surface area contributed by atoms with Crippen molar-refractivity contribution in [1.82, 2.24) is 19.3 Å². The number of nitrogens with zero attached hydrogens (tertiary/aromatic N) is 4. The van der Waals surface area contributed by atoms with Gasteiger partial charge in [-0.3, -0.25) is 4.79 Å². The summed E-state index contributed by atoms with van der Waals surface area (Å²) in [7, 11) is 0. The first-order valence-corrected chi connectivity index (χ1v) is 8.37. The zero-order valence-electron chi connectivity index (χ0n) is 13.6. The van der Waals surface area contributed by atoms with Crippen LogP contribution in [0.3, 0.4) is 0 Å². The maximum Gasteiger partial charge on any atom is 0.255 e. The van der Waals surface area contributed by atoms with Crippen LogP contribution in [0.4, 0.5) is 0 Å². The number of pyridine rings is 3. The van der Waals surface area contributed by atoms with E-state index >= 15 is 0 Å². The lowest BCUT2D eigenvalue weighted by Gasteiger charge is -2.28. The standard InChI is InChI=1S/C20H16N4O/c25-20(16-11-17-5-1-2-8-23(17)13-16)24-9-6-18-15(12-24)10-14-4-3-7-21-19(14)22-18/h1-5,7-8,10-11,13H,6,9,12H2. The SMILES string of the molecule is O=C(c1cc2ccccn2c1)N1CCc2nc3ncccc3cc2C1. The van der Waals surface area contributed by atoms with Gasteiger partial charge in [-0.2, -0.15) is 0 Å². The second-order valence-electron chi connectivity index (χ2n) is 6.38. The third-order valence-corrected chi connectivity index (χ3v) is 4.78. The second kappa shape index (κ2) is 5.41. The van der Waals surface area contributed by atoms with E-state index in [0.717, 1.165) is 39.8 Å². The van der Waals surface area contributed by atoms with Crippen molar-refractivity contribution in [1.29, 1.82) is 0 Å². The highest BCUT2D eigenvalue weighted by Crippen LogP contribution is 2.23. The highest BCUT2D eigenvalue weighted by atomic mass is 16.2. The van der Waals surface area contributed by atoms with Gasteiger partial charge in [0.15, 0.2) is 5.65 Å². The van der Waals surface area contributed by atoms with Crippen LogP contribution < -0.4 is 0 Å². The fourth-order valence-electron chi connectivity index (χ4n) is 3.49. The fourth-order valence-corrected chi connectivity index (χ4v) is 3.49. The van der Waals surface area contributed by atoms with Crippen LogP contribution in [0.2, 0.25) is 0 Å². The third kappa shape index (κ3) is 2.36. The summed E-state index contributed by atoms with van der Waals surface area (Å²) in [5, 5.41) is 1.02. The predicted molar refractivity (Wildman–Crippen MR) is 95.4 cm³/mol. The molecule has 5 nitrogen and oxygen atoms in total. The van der Waals surface area contributed by atoms with Crippen molar-refractivity contribution < 1.29 is 4.79 Å². The lowest BCUT2D eigenvalue weighted by atomic mass is 10.0. The van der Waals surface area contributed by atoms with Gasteiger partial charge in [0.2, 0.25) is 0 Å². The van der Waals surface area contributed by atoms with Crippen LogP contribution in [0, 0.1) is 0 Å². The van der Waals surface area contributed by atoms with E-state index in [-0.39, 0.29) is 5.91 Å². The number of aromatic nitrogens is 3. The zero-order chi connectivity index (χ0) is 16.8. The average Bonchev–Trinajstić information content (AvgIpc) is 3.09. The molecule has 4 aromatic heterocycles. The van der Waals surface area contributed by atoms with E-state index in [2.05, 4.69) is 16.0 Å². The maximum absolute atomic E-state index is 12.9. The maximum atomic E-state index is 12.9. The smallest absolute Gasteiger partial charge is 0.255 e. The van der Waals surface area contributed by atoms with Crippen LogP contribution in [0.1, 0.15) is 21.6 Å². The molecule has 25 heavy (non-hydrogen) atoms. The summed E-state index contributed by atoms with van der Waals surface area (Å²) in [4.78, 5) is 23.8. The summed E-state index contributed by atoms with van der Waals surface area (Å²) in [6.07, 6.45) is 6.38. The number of hydrogen-bond donors (Lipinski definition) is 0. The minimum atomic E-state index is 0.0700. The van der Waals surface area contributed by atoms with Gasteiger partial charge >= 0.3 is 0 Å². The molecule has 0 aromatic carbocycles. The van der Waals surface area contributed by atoms with Crippen molar-refractivity contribution in [3.8, 4) is 0 Å². The largest absolute Gasteiger partial charge is 0.334 e. The van der Waals surface area contributed by atoms with Gasteiger partial charge in [0.05, 0.1) is 5.56 Å². The third-order valence-electron chi connectivity index (χ3n) is 4.78. The molecule has 0 saturated heterocycles. The van der Waals surface area contributed by atoms with Gasteiger partial charge in [-0.05, 0) is 42.0 Å². The summed E-state index contributed by atoms with van der Waals surface area (Å²) in [5.74, 6) is 0.0700. The first kappa shape index (κ1) is 14.2. The molecule has 122 valence electrons. The molecule has 0 aliphatic carbocycles. The lowest BCUT2D eigenvalue weighted by molar-refractivity contribution is 0.0734. The quantitative estimate of drug-likeness (QED) is 0.539. The number of rotatable bonds is 1. The van der Waals surface area contributed by atoms with Gasteiger partial charge < -0.3 is 9.30 Å². The Balaban J connectivity index is 1.48. The topological polar surface area (TPSA) is 50.5 Å². The Hall–Kier alpha value is -3.21. The number of hydrogen-bond acceptors (Lipinski definition) is 3. The molecule has 0 radical (unpaired) electrons. The van der Waals surface area contributed by atoms with Crippen LogP contribution >= 0.6 is 0 Å². The lowest BCUT2D eigenvalue weighted by Crippen LogP contribution is -2.36. The Bertz CT molecular complexity index is 1080. The number of carbonyl (C=O) groups excluding carboxylic acids is 1. The van der Waals surface area contributed by atoms with Crippen molar-refractivity contribution >= 4 is 22.5 Å². The van der Waals surface area contributed by atoms with Gasteiger partial charge in [0.1, 0.15) is 0 Å². The molecule has 1 aliphatic heterocycles. The fraction of sp³-hybridized carbons (Fsp3) is 0.150. The summed E-state index contributed by atoms with van der Waals surface area (Å²) < 4.78 is 1.98. The van der Waals surface area contributed by atoms with E-state index in [1.165, 1.54) is 0 Å². The summed E-state index contributed by atoms with van der Waals surface area (Å²) in [6.45, 7) is 1.28. The van der Waals surface area contributed by atoms with Crippen LogP contribution in [0.15, 0.2) is 61.1 Å². The van der Waals surface area contributed by atoms with E-state index in [1.807, 2.05) is 58.1 Å². The summed E-state index contributed by atoms with van der Waals surface area (Å²) >= 11 is 0. The van der Waals surface area contributed by atoms with E-state index in [4.69, 9.17) is 0 Å². The van der Waals surface area contributed by atoms with Gasteiger partial charge in [0.25, 0.3) is 5.91 Å². The molecule has 1 aliphatic rings. The molecule has 0 unspecified atom stereocenters. The number of amides is 1. The van der Waals surface area contributed by atoms with E-state index < -0.39 is 0 Å². The van der Waals surface area contributed by atoms with E-state index in [1.54, 1.807) is 6.20 Å². The Morgan fingerprint density at radius 2 is 2.08 bits per heavy atom. The predicted octanol–water partition coefficient (Wildman–Crippen LogP) is 3.08. The molecular formula is C20H16N4O. The Labute approximate surface area is 144 Å². The molecule has 0 fully saturated rings. The molecule has 5 heterocycles. The first-order valence-electron chi connectivity index (χ1n) is 8.37. The van der Waals surface area contributed by atoms with Gasteiger partial charge in [0, 0.05) is 54.7 Å². The number of fused-ring (bicyclic) bond motifs is 3. The second-order valence-corrected chi connectivity index (χ2v) is 6.38. The average molecular weight is 328 g/mol. The number of carbonyl (C=O) groups is 1. The molecule has 5 heteroatoms. The van der Waals surface area contributed by atoms with Crippen molar-refractivity contribution in [2.45, 2.75) is 13.0 Å². The summed E-state index contributed by atoms with van der Waals surface area (Å²) in [5.41, 5.74) is 4.70. The van der Waals surface area contributed by atoms with Crippen molar-refractivity contribution in [2.75, 3.05) is 6.54 Å². The van der Waals surface area contributed by atoms with Gasteiger partial charge in [-0.25, -0.2) is 9.97 Å². The normalized spacial score (nSPS) is 14.0. The molecule has 0 spiro atoms. The zero-order valence-corrected chi connectivity index (χ0v) is 13.6. The van der Waals surface area contributed by atoms with Gasteiger partial charge in [-0.1, -0.05) is 6.07 Å². The Morgan fingerprint density at radius 1 is 1.12 bits per heavy atom. The molecule has 0 N–H and O–H groups in total. The monoisotopic (exact) mass is 328 g/mol. The summed E-state index contributed by atoms with van der Waals surface area (Å²) in [6, 6.07) is 13.9. The molecule has 0 saturated carbocycles. The van der Waals surface area contributed by atoms with Crippen LogP contribution in [-0.4, -0.2) is 31.7 Å². The highest BCUT2D eigenvalue weighted by Gasteiger charge is 2.24. The van der Waals surface area contributed by atoms with Crippen LogP contribution in [-0.2, 0) is 13.0 Å². The minimum Gasteiger partial charge on any atom is -0.334 e. The molecule has 0 bridgehead atoms. The molecule has 5 rings (SSSR count). The molecular weight excluding hydrogens is 312 g/mol. The van der Waals surface area contributed by atoms with E-state index in [9.17, 15) is 4.79 Å². The minimum absolute atomic E-state index is 0.0700. The van der Waals surface area contributed by atoms with Crippen molar-refractivity contribution in [3.63, 3.8) is 0 Å². The Kier molecular flexibility index (Phi) is 3.06. The molecule has 1 amide bonds. The van der Waals surface area contributed by atoms with Crippen molar-refractivity contribution in [3.05, 3.63) is 77.9 Å². The molecule has 0 atom stereocenters. The Morgan fingerprint density at radius 3 is 3.00 bits per heavy atom. The van der Waals surface area contributed by atoms with Gasteiger partial charge in [-0.15, -0.1) is 0 Å².